The highest BCUT2D eigenvalue weighted by atomic mass is 16.6. The van der Waals surface area contributed by atoms with E-state index >= 15 is 0 Å². The topological polar surface area (TPSA) is 55.8 Å². The quantitative estimate of drug-likeness (QED) is 0.830. The van der Waals surface area contributed by atoms with Crippen LogP contribution in [0.5, 0.6) is 11.5 Å². The van der Waals surface area contributed by atoms with Crippen LogP contribution in [0.2, 0.25) is 0 Å². The second-order valence-corrected chi connectivity index (χ2v) is 4.03. The molecule has 16 heavy (non-hydrogen) atoms. The number of aliphatic carboxylic acids is 1. The Morgan fingerprint density at radius 2 is 2.00 bits per heavy atom. The van der Waals surface area contributed by atoms with E-state index in [0.717, 1.165) is 11.1 Å². The van der Waals surface area contributed by atoms with E-state index < -0.39 is 12.1 Å². The Hall–Kier alpha value is -1.71. The zero-order chi connectivity index (χ0) is 11.7. The summed E-state index contributed by atoms with van der Waals surface area (Å²) in [5.41, 5.74) is 2.25. The summed E-state index contributed by atoms with van der Waals surface area (Å²) in [5, 5.41) is 8.68. The lowest BCUT2D eigenvalue weighted by Gasteiger charge is -2.26. The molecule has 0 aromatic heterocycles. The predicted molar refractivity (Wildman–Crippen MR) is 58.1 cm³/mol. The number of rotatable bonds is 2. The summed E-state index contributed by atoms with van der Waals surface area (Å²) in [4.78, 5) is 10.6. The van der Waals surface area contributed by atoms with E-state index in [1.54, 1.807) is 0 Å². The third-order valence-corrected chi connectivity index (χ3v) is 2.68. The highest BCUT2D eigenvalue weighted by molar-refractivity contribution is 5.67. The molecule has 0 radical (unpaired) electrons. The molecule has 1 atom stereocenters. The van der Waals surface area contributed by atoms with Crippen LogP contribution < -0.4 is 9.47 Å². The SMILES string of the molecule is Cc1cc2c(cc1C)OC(CC(=O)O)CO2. The lowest BCUT2D eigenvalue weighted by atomic mass is 10.1. The summed E-state index contributed by atoms with van der Waals surface area (Å²) in [6, 6.07) is 3.81. The van der Waals surface area contributed by atoms with Crippen molar-refractivity contribution in [3.05, 3.63) is 23.3 Å². The molecule has 1 aromatic carbocycles. The van der Waals surface area contributed by atoms with Gasteiger partial charge in [-0.1, -0.05) is 0 Å². The molecule has 1 aliphatic rings. The Morgan fingerprint density at radius 3 is 2.62 bits per heavy atom. The van der Waals surface area contributed by atoms with Gasteiger partial charge in [0.05, 0.1) is 6.42 Å². The van der Waals surface area contributed by atoms with E-state index in [1.807, 2.05) is 26.0 Å². The minimum absolute atomic E-state index is 0.0354. The van der Waals surface area contributed by atoms with Gasteiger partial charge in [-0.3, -0.25) is 4.79 Å². The van der Waals surface area contributed by atoms with Crippen LogP contribution in [0.1, 0.15) is 17.5 Å². The van der Waals surface area contributed by atoms with Gasteiger partial charge in [-0.15, -0.1) is 0 Å². The standard InChI is InChI=1S/C12H14O4/c1-7-3-10-11(4-8(7)2)16-9(6-15-10)5-12(13)14/h3-4,9H,5-6H2,1-2H3,(H,13,14). The second kappa shape index (κ2) is 4.04. The van der Waals surface area contributed by atoms with Crippen LogP contribution in [0.4, 0.5) is 0 Å². The summed E-state index contributed by atoms with van der Waals surface area (Å²) < 4.78 is 11.1. The molecule has 0 bridgehead atoms. The summed E-state index contributed by atoms with van der Waals surface area (Å²) in [5.74, 6) is 0.464. The summed E-state index contributed by atoms with van der Waals surface area (Å²) in [7, 11) is 0. The molecular weight excluding hydrogens is 208 g/mol. The first-order valence-electron chi connectivity index (χ1n) is 5.19. The molecule has 0 fully saturated rings. The van der Waals surface area contributed by atoms with E-state index in [1.165, 1.54) is 0 Å². The summed E-state index contributed by atoms with van der Waals surface area (Å²) >= 11 is 0. The Morgan fingerprint density at radius 1 is 1.38 bits per heavy atom. The first kappa shape index (κ1) is 10.8. The van der Waals surface area contributed by atoms with Crippen LogP contribution >= 0.6 is 0 Å². The maximum absolute atomic E-state index is 10.6. The maximum Gasteiger partial charge on any atom is 0.307 e. The molecule has 0 saturated heterocycles. The molecule has 1 N–H and O–H groups in total. The zero-order valence-electron chi connectivity index (χ0n) is 9.32. The number of carboxylic acid groups (broad SMARTS) is 1. The highest BCUT2D eigenvalue weighted by Crippen LogP contribution is 2.34. The fraction of sp³-hybridized carbons (Fsp3) is 0.417. The van der Waals surface area contributed by atoms with Crippen molar-refractivity contribution < 1.29 is 19.4 Å². The molecule has 1 unspecified atom stereocenters. The molecule has 1 heterocycles. The average molecular weight is 222 g/mol. The first-order chi connectivity index (χ1) is 7.56. The van der Waals surface area contributed by atoms with E-state index in [2.05, 4.69) is 0 Å². The van der Waals surface area contributed by atoms with Gasteiger partial charge in [0.2, 0.25) is 0 Å². The number of ether oxygens (including phenoxy) is 2. The smallest absolute Gasteiger partial charge is 0.307 e. The molecule has 86 valence electrons. The van der Waals surface area contributed by atoms with Crippen LogP contribution in [-0.2, 0) is 4.79 Å². The number of carboxylic acids is 1. The van der Waals surface area contributed by atoms with Gasteiger partial charge in [0.25, 0.3) is 0 Å². The van der Waals surface area contributed by atoms with Crippen molar-refractivity contribution in [1.29, 1.82) is 0 Å². The Balaban J connectivity index is 2.20. The third-order valence-electron chi connectivity index (χ3n) is 2.68. The van der Waals surface area contributed by atoms with Crippen LogP contribution in [0.25, 0.3) is 0 Å². The van der Waals surface area contributed by atoms with Gasteiger partial charge < -0.3 is 14.6 Å². The lowest BCUT2D eigenvalue weighted by Crippen LogP contribution is -2.31. The van der Waals surface area contributed by atoms with Gasteiger partial charge in [0, 0.05) is 0 Å². The number of carbonyl (C=O) groups is 1. The molecule has 0 amide bonds. The third kappa shape index (κ3) is 2.10. The van der Waals surface area contributed by atoms with Gasteiger partial charge >= 0.3 is 5.97 Å². The van der Waals surface area contributed by atoms with Crippen molar-refractivity contribution in [2.75, 3.05) is 6.61 Å². The molecular formula is C12H14O4. The van der Waals surface area contributed by atoms with Gasteiger partial charge in [0.1, 0.15) is 12.7 Å². The largest absolute Gasteiger partial charge is 0.486 e. The molecule has 1 aromatic rings. The normalized spacial score (nSPS) is 18.2. The van der Waals surface area contributed by atoms with E-state index in [0.29, 0.717) is 18.1 Å². The predicted octanol–water partition coefficient (Wildman–Crippen LogP) is 1.92. The van der Waals surface area contributed by atoms with Crippen LogP contribution in [0.3, 0.4) is 0 Å². The Kier molecular flexibility index (Phi) is 2.73. The average Bonchev–Trinajstić information content (AvgIpc) is 2.19. The minimum atomic E-state index is -0.874. The maximum atomic E-state index is 10.6. The molecule has 4 heteroatoms. The number of hydrogen-bond acceptors (Lipinski definition) is 3. The zero-order valence-corrected chi connectivity index (χ0v) is 9.32. The lowest BCUT2D eigenvalue weighted by molar-refractivity contribution is -0.139. The number of fused-ring (bicyclic) bond motifs is 1. The van der Waals surface area contributed by atoms with Crippen molar-refractivity contribution in [2.45, 2.75) is 26.4 Å². The molecule has 0 aliphatic carbocycles. The monoisotopic (exact) mass is 222 g/mol. The Labute approximate surface area is 93.8 Å². The van der Waals surface area contributed by atoms with E-state index in [4.69, 9.17) is 14.6 Å². The van der Waals surface area contributed by atoms with E-state index in [-0.39, 0.29) is 6.42 Å². The van der Waals surface area contributed by atoms with Crippen molar-refractivity contribution in [2.24, 2.45) is 0 Å². The fourth-order valence-corrected chi connectivity index (χ4v) is 1.66. The van der Waals surface area contributed by atoms with Crippen molar-refractivity contribution in [3.8, 4) is 11.5 Å². The number of benzene rings is 1. The molecule has 2 rings (SSSR count). The van der Waals surface area contributed by atoms with Crippen molar-refractivity contribution >= 4 is 5.97 Å². The highest BCUT2D eigenvalue weighted by Gasteiger charge is 2.23. The van der Waals surface area contributed by atoms with Gasteiger partial charge in [-0.25, -0.2) is 0 Å². The molecule has 4 nitrogen and oxygen atoms in total. The summed E-state index contributed by atoms with van der Waals surface area (Å²) in [6.07, 6.45) is -0.432. The first-order valence-corrected chi connectivity index (χ1v) is 5.19. The van der Waals surface area contributed by atoms with Crippen LogP contribution in [-0.4, -0.2) is 23.8 Å². The minimum Gasteiger partial charge on any atom is -0.486 e. The summed E-state index contributed by atoms with van der Waals surface area (Å²) in [6.45, 7) is 4.28. The number of hydrogen-bond donors (Lipinski definition) is 1. The van der Waals surface area contributed by atoms with Gasteiger partial charge in [-0.05, 0) is 37.1 Å². The van der Waals surface area contributed by atoms with Gasteiger partial charge in [0.15, 0.2) is 11.5 Å². The van der Waals surface area contributed by atoms with Crippen molar-refractivity contribution in [3.63, 3.8) is 0 Å². The number of aryl methyl sites for hydroxylation is 2. The van der Waals surface area contributed by atoms with Crippen molar-refractivity contribution in [1.82, 2.24) is 0 Å². The molecule has 0 spiro atoms. The van der Waals surface area contributed by atoms with E-state index in [9.17, 15) is 4.79 Å². The van der Waals surface area contributed by atoms with Crippen LogP contribution in [0, 0.1) is 13.8 Å². The molecule has 0 saturated carbocycles. The molecule has 1 aliphatic heterocycles. The fourth-order valence-electron chi connectivity index (χ4n) is 1.66. The van der Waals surface area contributed by atoms with Crippen LogP contribution in [0.15, 0.2) is 12.1 Å². The Bertz CT molecular complexity index is 425. The second-order valence-electron chi connectivity index (χ2n) is 4.03. The van der Waals surface area contributed by atoms with Gasteiger partial charge in [-0.2, -0.15) is 0 Å².